The molecule has 1 atom stereocenters. The molecule has 2 aromatic heterocycles. The number of benzene rings is 1. The molecule has 0 aliphatic carbocycles. The number of thiophene rings is 1. The van der Waals surface area contributed by atoms with E-state index in [9.17, 15) is 14.7 Å². The molecule has 0 fully saturated rings. The van der Waals surface area contributed by atoms with Crippen LogP contribution in [-0.4, -0.2) is 37.8 Å². The zero-order chi connectivity index (χ0) is 21.3. The Morgan fingerprint density at radius 2 is 2.07 bits per heavy atom. The lowest BCUT2D eigenvalue weighted by Crippen LogP contribution is -2.32. The summed E-state index contributed by atoms with van der Waals surface area (Å²) in [5.74, 6) is -1.51. The third-order valence-electron chi connectivity index (χ3n) is 4.92. The van der Waals surface area contributed by atoms with Gasteiger partial charge in [-0.05, 0) is 35.6 Å². The van der Waals surface area contributed by atoms with E-state index in [1.165, 1.54) is 16.2 Å². The Balaban J connectivity index is 1.70. The Kier molecular flexibility index (Phi) is 5.94. The fraction of sp³-hybridized carbons (Fsp3) is 0.190. The Bertz CT molecular complexity index is 1110. The second-order valence-corrected chi connectivity index (χ2v) is 8.58. The third-order valence-corrected chi connectivity index (χ3v) is 6.36. The number of aliphatic hydroxyl groups is 1. The van der Waals surface area contributed by atoms with E-state index >= 15 is 0 Å². The maximum atomic E-state index is 13.2. The van der Waals surface area contributed by atoms with E-state index in [-0.39, 0.29) is 11.4 Å². The minimum atomic E-state index is -0.792. The molecule has 30 heavy (non-hydrogen) atoms. The molecule has 0 saturated heterocycles. The number of nitrogens with zero attached hydrogens (tertiary/aromatic N) is 3. The maximum Gasteiger partial charge on any atom is 0.290 e. The van der Waals surface area contributed by atoms with Crippen molar-refractivity contribution >= 4 is 46.2 Å². The van der Waals surface area contributed by atoms with Gasteiger partial charge in [-0.3, -0.25) is 9.59 Å². The molecule has 1 aliphatic rings. The summed E-state index contributed by atoms with van der Waals surface area (Å²) in [7, 11) is 0. The van der Waals surface area contributed by atoms with Gasteiger partial charge in [0.25, 0.3) is 5.91 Å². The second kappa shape index (κ2) is 8.63. The first-order valence-corrected chi connectivity index (χ1v) is 10.8. The normalized spacial score (nSPS) is 16.5. The number of Topliss-reactive ketones (excluding diaryl/α,β-unsaturated/α-hetero) is 1. The molecule has 3 aromatic rings. The number of amides is 1. The molecule has 0 unspecified atom stereocenters. The largest absolute Gasteiger partial charge is 0.503 e. The molecule has 154 valence electrons. The average molecular weight is 462 g/mol. The van der Waals surface area contributed by atoms with Gasteiger partial charge in [-0.15, -0.1) is 11.3 Å². The Morgan fingerprint density at radius 1 is 1.23 bits per heavy atom. The Labute approximate surface area is 187 Å². The van der Waals surface area contributed by atoms with Crippen molar-refractivity contribution in [3.8, 4) is 0 Å². The van der Waals surface area contributed by atoms with E-state index in [1.807, 2.05) is 10.8 Å². The van der Waals surface area contributed by atoms with Crippen LogP contribution < -0.4 is 0 Å². The number of ketones is 1. The summed E-state index contributed by atoms with van der Waals surface area (Å²) in [5, 5.41) is 13.2. The highest BCUT2D eigenvalue weighted by Crippen LogP contribution is 2.42. The quantitative estimate of drug-likeness (QED) is 0.506. The smallest absolute Gasteiger partial charge is 0.290 e. The summed E-state index contributed by atoms with van der Waals surface area (Å²) >= 11 is 13.7. The van der Waals surface area contributed by atoms with Crippen molar-refractivity contribution in [2.75, 3.05) is 6.54 Å². The number of imidazole rings is 1. The van der Waals surface area contributed by atoms with Crippen LogP contribution in [0.5, 0.6) is 0 Å². The van der Waals surface area contributed by atoms with Gasteiger partial charge in [-0.1, -0.05) is 35.3 Å². The van der Waals surface area contributed by atoms with Gasteiger partial charge in [0.15, 0.2) is 5.76 Å². The van der Waals surface area contributed by atoms with Crippen molar-refractivity contribution in [2.24, 2.45) is 0 Å². The van der Waals surface area contributed by atoms with Crippen LogP contribution in [0.25, 0.3) is 0 Å². The highest BCUT2D eigenvalue weighted by molar-refractivity contribution is 7.12. The standard InChI is InChI=1S/C21H17Cl2N3O3S/c22-13-4-5-14(15(23)11-13)18-17(19(27)16-3-1-10-30-16)20(28)21(29)26(18)8-2-7-25-9-6-24-12-25/h1,3-6,9-12,18,28H,2,7-8H2/t18-/m0/s1. The summed E-state index contributed by atoms with van der Waals surface area (Å²) in [6.07, 6.45) is 5.82. The van der Waals surface area contributed by atoms with Crippen molar-refractivity contribution in [3.05, 3.63) is 86.3 Å². The molecular formula is C21H17Cl2N3O3S. The lowest BCUT2D eigenvalue weighted by atomic mass is 9.95. The highest BCUT2D eigenvalue weighted by atomic mass is 35.5. The first-order valence-electron chi connectivity index (χ1n) is 9.20. The van der Waals surface area contributed by atoms with Crippen molar-refractivity contribution < 1.29 is 14.7 Å². The van der Waals surface area contributed by atoms with Gasteiger partial charge in [0, 0.05) is 35.5 Å². The van der Waals surface area contributed by atoms with Crippen LogP contribution in [-0.2, 0) is 11.3 Å². The predicted octanol–water partition coefficient (Wildman–Crippen LogP) is 4.92. The highest BCUT2D eigenvalue weighted by Gasteiger charge is 2.44. The molecule has 1 amide bonds. The van der Waals surface area contributed by atoms with Gasteiger partial charge in [0.05, 0.1) is 22.8 Å². The fourth-order valence-electron chi connectivity index (χ4n) is 3.55. The number of aromatic nitrogens is 2. The van der Waals surface area contributed by atoms with Crippen molar-refractivity contribution in [3.63, 3.8) is 0 Å². The van der Waals surface area contributed by atoms with E-state index in [4.69, 9.17) is 23.2 Å². The van der Waals surface area contributed by atoms with E-state index in [0.29, 0.717) is 40.0 Å². The third kappa shape index (κ3) is 3.88. The summed E-state index contributed by atoms with van der Waals surface area (Å²) in [6, 6.07) is 7.53. The molecule has 1 aromatic carbocycles. The lowest BCUT2D eigenvalue weighted by molar-refractivity contribution is -0.129. The van der Waals surface area contributed by atoms with Crippen molar-refractivity contribution in [1.29, 1.82) is 0 Å². The van der Waals surface area contributed by atoms with Gasteiger partial charge >= 0.3 is 0 Å². The number of aryl methyl sites for hydroxylation is 1. The van der Waals surface area contributed by atoms with Crippen LogP contribution >= 0.6 is 34.5 Å². The summed E-state index contributed by atoms with van der Waals surface area (Å²) in [6.45, 7) is 0.964. The second-order valence-electron chi connectivity index (χ2n) is 6.79. The molecule has 3 heterocycles. The molecular weight excluding hydrogens is 445 g/mol. The number of carbonyl (C=O) groups is 2. The minimum absolute atomic E-state index is 0.0364. The zero-order valence-corrected chi connectivity index (χ0v) is 18.0. The predicted molar refractivity (Wildman–Crippen MR) is 116 cm³/mol. The maximum absolute atomic E-state index is 13.2. The Morgan fingerprint density at radius 3 is 2.73 bits per heavy atom. The first-order chi connectivity index (χ1) is 14.5. The molecule has 0 bridgehead atoms. The summed E-state index contributed by atoms with van der Waals surface area (Å²) < 4.78 is 1.90. The van der Waals surface area contributed by atoms with Gasteiger partial charge in [0.2, 0.25) is 5.78 Å². The summed E-state index contributed by atoms with van der Waals surface area (Å²) in [5.41, 5.74) is 0.579. The van der Waals surface area contributed by atoms with E-state index < -0.39 is 17.7 Å². The Hall–Kier alpha value is -2.61. The van der Waals surface area contributed by atoms with Crippen LogP contribution in [0, 0.1) is 0 Å². The number of hydrogen-bond donors (Lipinski definition) is 1. The monoisotopic (exact) mass is 461 g/mol. The van der Waals surface area contributed by atoms with Gasteiger partial charge in [0.1, 0.15) is 0 Å². The number of carbonyl (C=O) groups excluding carboxylic acids is 2. The number of halogens is 2. The number of rotatable bonds is 7. The zero-order valence-electron chi connectivity index (χ0n) is 15.7. The number of aliphatic hydroxyl groups excluding tert-OH is 1. The van der Waals surface area contributed by atoms with Gasteiger partial charge in [-0.25, -0.2) is 4.98 Å². The van der Waals surface area contributed by atoms with Gasteiger partial charge in [-0.2, -0.15) is 0 Å². The molecule has 1 aliphatic heterocycles. The van der Waals surface area contributed by atoms with Crippen LogP contribution in [0.1, 0.15) is 27.7 Å². The SMILES string of the molecule is O=C(C1=C(O)C(=O)N(CCCn2ccnc2)[C@H]1c1ccc(Cl)cc1Cl)c1cccs1. The van der Waals surface area contributed by atoms with Crippen molar-refractivity contribution in [2.45, 2.75) is 19.0 Å². The van der Waals surface area contributed by atoms with Crippen LogP contribution in [0.3, 0.4) is 0 Å². The topological polar surface area (TPSA) is 75.4 Å². The molecule has 1 N–H and O–H groups in total. The molecule has 4 rings (SSSR count). The first kappa shape index (κ1) is 20.7. The number of hydrogen-bond acceptors (Lipinski definition) is 5. The van der Waals surface area contributed by atoms with Crippen LogP contribution in [0.2, 0.25) is 10.0 Å². The lowest BCUT2D eigenvalue weighted by Gasteiger charge is -2.27. The fourth-order valence-corrected chi connectivity index (χ4v) is 4.74. The molecule has 0 radical (unpaired) electrons. The van der Waals surface area contributed by atoms with Gasteiger partial charge < -0.3 is 14.6 Å². The summed E-state index contributed by atoms with van der Waals surface area (Å²) in [4.78, 5) is 32.0. The molecule has 0 saturated carbocycles. The average Bonchev–Trinajstić information content (AvgIpc) is 3.46. The van der Waals surface area contributed by atoms with E-state index in [1.54, 1.807) is 48.2 Å². The van der Waals surface area contributed by atoms with E-state index in [2.05, 4.69) is 4.98 Å². The van der Waals surface area contributed by atoms with E-state index in [0.717, 1.165) is 0 Å². The molecule has 9 heteroatoms. The molecule has 6 nitrogen and oxygen atoms in total. The van der Waals surface area contributed by atoms with Crippen LogP contribution in [0.15, 0.2) is 65.8 Å². The van der Waals surface area contributed by atoms with Crippen molar-refractivity contribution in [1.82, 2.24) is 14.5 Å². The van der Waals surface area contributed by atoms with Crippen LogP contribution in [0.4, 0.5) is 0 Å². The minimum Gasteiger partial charge on any atom is -0.503 e. The molecule has 0 spiro atoms.